The maximum absolute atomic E-state index is 4.44. The number of fused-ring (bicyclic) bond motifs is 1. The van der Waals surface area contributed by atoms with Crippen molar-refractivity contribution in [2.24, 2.45) is 0 Å². The van der Waals surface area contributed by atoms with Crippen molar-refractivity contribution >= 4 is 22.5 Å². The van der Waals surface area contributed by atoms with Crippen molar-refractivity contribution < 1.29 is 0 Å². The lowest BCUT2D eigenvalue weighted by Gasteiger charge is -2.45. The van der Waals surface area contributed by atoms with Gasteiger partial charge in [0.15, 0.2) is 0 Å². The molecule has 2 nitrogen and oxygen atoms in total. The van der Waals surface area contributed by atoms with Gasteiger partial charge in [0.05, 0.1) is 6.04 Å². The molecule has 1 aliphatic carbocycles. The van der Waals surface area contributed by atoms with E-state index in [1.165, 1.54) is 16.9 Å². The third-order valence-electron chi connectivity index (χ3n) is 8.18. The molecule has 6 rings (SSSR count). The molecule has 0 radical (unpaired) electrons. The zero-order valence-electron chi connectivity index (χ0n) is 25.3. The highest BCUT2D eigenvalue weighted by molar-refractivity contribution is 6.07. The molecule has 1 unspecified atom stereocenters. The molecular formula is C42H38N2. The molecule has 0 N–H and O–H groups in total. The summed E-state index contributed by atoms with van der Waals surface area (Å²) in [5.74, 6) is 0. The van der Waals surface area contributed by atoms with Gasteiger partial charge in [-0.05, 0) is 90.1 Å². The van der Waals surface area contributed by atoms with Gasteiger partial charge >= 0.3 is 0 Å². The van der Waals surface area contributed by atoms with Crippen molar-refractivity contribution in [2.75, 3.05) is 9.80 Å². The number of benzene rings is 3. The Morgan fingerprint density at radius 2 is 1.59 bits per heavy atom. The van der Waals surface area contributed by atoms with E-state index in [1.807, 2.05) is 24.3 Å². The maximum atomic E-state index is 4.44. The molecule has 44 heavy (non-hydrogen) atoms. The van der Waals surface area contributed by atoms with E-state index in [-0.39, 0.29) is 6.04 Å². The van der Waals surface area contributed by atoms with Crippen molar-refractivity contribution in [3.63, 3.8) is 0 Å². The number of nitrogens with zero attached hydrogens (tertiary/aromatic N) is 2. The van der Waals surface area contributed by atoms with Crippen molar-refractivity contribution in [2.45, 2.75) is 25.8 Å². The lowest BCUT2D eigenvalue weighted by atomic mass is 9.84. The number of rotatable bonds is 6. The van der Waals surface area contributed by atoms with Crippen LogP contribution in [0, 0.1) is 0 Å². The standard InChI is InChI=1S/C42H38N2/c1-4-5-9-25-41-39-30-35(26-27-42(39)44(41)37-23-14-8-15-24-37)38-29-33(3)32(2)18-16-17-28-43(36-21-12-7-13-22-36)31-40(38)34-19-10-6-11-20-34/h4-14,16-23,25-31,41H,2-3,15,24H2,1H3/b5-4-,18-16-,25-9-,28-17-,38-29-,40-31-. The maximum Gasteiger partial charge on any atom is 0.0795 e. The summed E-state index contributed by atoms with van der Waals surface area (Å²) in [5, 5.41) is 0. The lowest BCUT2D eigenvalue weighted by Crippen LogP contribution is -2.36. The second kappa shape index (κ2) is 13.3. The first-order chi connectivity index (χ1) is 21.6. The fraction of sp³-hybridized carbons (Fsp3) is 0.0952. The van der Waals surface area contributed by atoms with Crippen LogP contribution in [0.2, 0.25) is 0 Å². The van der Waals surface area contributed by atoms with Gasteiger partial charge in [0.25, 0.3) is 0 Å². The first kappa shape index (κ1) is 28.8. The largest absolute Gasteiger partial charge is 0.334 e. The van der Waals surface area contributed by atoms with E-state index in [0.717, 1.165) is 51.9 Å². The zero-order valence-corrected chi connectivity index (χ0v) is 25.3. The second-order valence-corrected chi connectivity index (χ2v) is 11.1. The molecule has 0 amide bonds. The second-order valence-electron chi connectivity index (χ2n) is 11.1. The SMILES string of the molecule is C=C1/C=C\C=C/N(c2ccccc2)/C=C(c2ccccc2)\C(c2ccc3c(c2)C(/C=C\C=C/C)N3C2=CC=CCC2)=C/C1=C. The molecule has 0 bridgehead atoms. The molecule has 2 heterocycles. The molecule has 0 fully saturated rings. The van der Waals surface area contributed by atoms with Crippen molar-refractivity contribution in [1.82, 2.24) is 0 Å². The Morgan fingerprint density at radius 1 is 0.795 bits per heavy atom. The fourth-order valence-corrected chi connectivity index (χ4v) is 5.86. The summed E-state index contributed by atoms with van der Waals surface area (Å²) in [6, 6.07) is 28.2. The summed E-state index contributed by atoms with van der Waals surface area (Å²) in [7, 11) is 0. The highest BCUT2D eigenvalue weighted by Gasteiger charge is 2.35. The van der Waals surface area contributed by atoms with Gasteiger partial charge in [0.1, 0.15) is 0 Å². The number of anilines is 2. The van der Waals surface area contributed by atoms with Crippen molar-refractivity contribution in [3.8, 4) is 0 Å². The molecule has 0 saturated heterocycles. The van der Waals surface area contributed by atoms with Gasteiger partial charge in [0.2, 0.25) is 0 Å². The summed E-state index contributed by atoms with van der Waals surface area (Å²) < 4.78 is 0. The summed E-state index contributed by atoms with van der Waals surface area (Å²) in [6.07, 6.45) is 30.1. The van der Waals surface area contributed by atoms with Crippen molar-refractivity contribution in [1.29, 1.82) is 0 Å². The lowest BCUT2D eigenvalue weighted by molar-refractivity contribution is 0.699. The van der Waals surface area contributed by atoms with E-state index in [0.29, 0.717) is 0 Å². The Kier molecular flexibility index (Phi) is 8.70. The Morgan fingerprint density at radius 3 is 2.34 bits per heavy atom. The predicted octanol–water partition coefficient (Wildman–Crippen LogP) is 11.0. The monoisotopic (exact) mass is 570 g/mol. The smallest absolute Gasteiger partial charge is 0.0795 e. The summed E-state index contributed by atoms with van der Waals surface area (Å²) in [4.78, 5) is 4.67. The predicted molar refractivity (Wildman–Crippen MR) is 190 cm³/mol. The van der Waals surface area contributed by atoms with Gasteiger partial charge in [0, 0.05) is 40.6 Å². The number of hydrogen-bond acceptors (Lipinski definition) is 2. The molecule has 216 valence electrons. The summed E-state index contributed by atoms with van der Waals surface area (Å²) >= 11 is 0. The molecule has 1 atom stereocenters. The van der Waals surface area contributed by atoms with E-state index >= 15 is 0 Å². The molecule has 0 aromatic heterocycles. The number of hydrogen-bond donors (Lipinski definition) is 0. The fourth-order valence-electron chi connectivity index (χ4n) is 5.86. The number of para-hydroxylation sites is 1. The quantitative estimate of drug-likeness (QED) is 0.272. The van der Waals surface area contributed by atoms with Crippen LogP contribution in [0.15, 0.2) is 188 Å². The van der Waals surface area contributed by atoms with Crippen LogP contribution in [-0.4, -0.2) is 0 Å². The Balaban J connectivity index is 1.53. The summed E-state index contributed by atoms with van der Waals surface area (Å²) in [6.45, 7) is 10.8. The van der Waals surface area contributed by atoms with Crippen LogP contribution in [0.1, 0.15) is 42.5 Å². The molecule has 2 aliphatic heterocycles. The molecule has 0 saturated carbocycles. The average molecular weight is 571 g/mol. The zero-order chi connectivity index (χ0) is 30.3. The Bertz CT molecular complexity index is 1790. The first-order valence-electron chi connectivity index (χ1n) is 15.3. The van der Waals surface area contributed by atoms with Crippen LogP contribution in [0.4, 0.5) is 11.4 Å². The van der Waals surface area contributed by atoms with Crippen LogP contribution >= 0.6 is 0 Å². The van der Waals surface area contributed by atoms with Crippen LogP contribution < -0.4 is 9.80 Å². The van der Waals surface area contributed by atoms with E-state index in [4.69, 9.17) is 0 Å². The van der Waals surface area contributed by atoms with E-state index in [9.17, 15) is 0 Å². The summed E-state index contributed by atoms with van der Waals surface area (Å²) in [5.41, 5.74) is 11.3. The van der Waals surface area contributed by atoms with Gasteiger partial charge in [-0.2, -0.15) is 0 Å². The van der Waals surface area contributed by atoms with Gasteiger partial charge < -0.3 is 9.80 Å². The van der Waals surface area contributed by atoms with E-state index < -0.39 is 0 Å². The third kappa shape index (κ3) is 6.07. The van der Waals surface area contributed by atoms with Gasteiger partial charge in [-0.1, -0.05) is 116 Å². The molecule has 3 aromatic carbocycles. The Labute approximate surface area is 262 Å². The van der Waals surface area contributed by atoms with Gasteiger partial charge in [-0.25, -0.2) is 0 Å². The van der Waals surface area contributed by atoms with Gasteiger partial charge in [-0.15, -0.1) is 0 Å². The molecule has 0 spiro atoms. The van der Waals surface area contributed by atoms with Crippen LogP contribution in [-0.2, 0) is 0 Å². The minimum atomic E-state index is 0.177. The van der Waals surface area contributed by atoms with Crippen LogP contribution in [0.3, 0.4) is 0 Å². The van der Waals surface area contributed by atoms with Crippen LogP contribution in [0.5, 0.6) is 0 Å². The topological polar surface area (TPSA) is 6.48 Å². The molecule has 2 heteroatoms. The minimum absolute atomic E-state index is 0.177. The molecule has 3 aromatic rings. The van der Waals surface area contributed by atoms with Gasteiger partial charge in [-0.3, -0.25) is 0 Å². The van der Waals surface area contributed by atoms with E-state index in [1.54, 1.807) is 0 Å². The highest BCUT2D eigenvalue weighted by atomic mass is 15.2. The highest BCUT2D eigenvalue weighted by Crippen LogP contribution is 2.49. The molecule has 3 aliphatic rings. The average Bonchev–Trinajstić information content (AvgIpc) is 3.09. The Hall–Kier alpha value is -5.34. The van der Waals surface area contributed by atoms with E-state index in [2.05, 4.69) is 164 Å². The molecular weight excluding hydrogens is 532 g/mol. The van der Waals surface area contributed by atoms with Crippen LogP contribution in [0.25, 0.3) is 11.1 Å². The number of allylic oxidation sites excluding steroid dienone is 15. The third-order valence-corrected chi connectivity index (χ3v) is 8.18. The first-order valence-corrected chi connectivity index (χ1v) is 15.3. The normalized spacial score (nSPS) is 22.4. The van der Waals surface area contributed by atoms with Crippen molar-refractivity contribution in [3.05, 3.63) is 205 Å². The minimum Gasteiger partial charge on any atom is -0.334 e.